The van der Waals surface area contributed by atoms with Gasteiger partial charge >= 0.3 is 6.03 Å². The first kappa shape index (κ1) is 16.4. The molecule has 9 heteroatoms. The van der Waals surface area contributed by atoms with Crippen LogP contribution in [0.25, 0.3) is 0 Å². The van der Waals surface area contributed by atoms with Crippen molar-refractivity contribution in [3.63, 3.8) is 0 Å². The second kappa shape index (κ2) is 6.23. The Morgan fingerprint density at radius 2 is 2.17 bits per heavy atom. The first-order valence-corrected chi connectivity index (χ1v) is 7.77. The molecule has 0 radical (unpaired) electrons. The zero-order valence-corrected chi connectivity index (χ0v) is 14.2. The van der Waals surface area contributed by atoms with Crippen molar-refractivity contribution >= 4 is 11.8 Å². The zero-order valence-electron chi connectivity index (χ0n) is 14.2. The number of anilines is 1. The van der Waals surface area contributed by atoms with E-state index in [4.69, 9.17) is 13.7 Å². The van der Waals surface area contributed by atoms with Gasteiger partial charge in [-0.3, -0.25) is 5.32 Å². The van der Waals surface area contributed by atoms with Gasteiger partial charge < -0.3 is 18.6 Å². The van der Waals surface area contributed by atoms with Gasteiger partial charge in [0, 0.05) is 24.9 Å². The maximum atomic E-state index is 12.4. The summed E-state index contributed by atoms with van der Waals surface area (Å²) in [5.41, 5.74) is -0.171. The van der Waals surface area contributed by atoms with E-state index >= 15 is 0 Å². The van der Waals surface area contributed by atoms with Gasteiger partial charge in [0.05, 0.1) is 13.2 Å². The molecule has 1 unspecified atom stereocenters. The van der Waals surface area contributed by atoms with Crippen LogP contribution in [0.2, 0.25) is 0 Å². The van der Waals surface area contributed by atoms with E-state index in [0.29, 0.717) is 43.1 Å². The van der Waals surface area contributed by atoms with E-state index in [2.05, 4.69) is 20.7 Å². The van der Waals surface area contributed by atoms with Crippen molar-refractivity contribution in [1.29, 1.82) is 0 Å². The first-order chi connectivity index (χ1) is 11.3. The average molecular weight is 335 g/mol. The molecular weight excluding hydrogens is 314 g/mol. The average Bonchev–Trinajstić information content (AvgIpc) is 3.16. The monoisotopic (exact) mass is 335 g/mol. The smallest absolute Gasteiger partial charge is 0.323 e. The highest BCUT2D eigenvalue weighted by atomic mass is 16.5. The number of carbonyl (C=O) groups is 1. The Kier molecular flexibility index (Phi) is 4.27. The molecule has 1 fully saturated rings. The molecule has 1 aliphatic rings. The molecule has 2 aromatic rings. The first-order valence-electron chi connectivity index (χ1n) is 7.77. The fraction of sp³-hybridized carbons (Fsp3) is 0.600. The second-order valence-electron chi connectivity index (χ2n) is 6.72. The minimum Gasteiger partial charge on any atom is -0.423 e. The van der Waals surface area contributed by atoms with Gasteiger partial charge in [0.15, 0.2) is 11.9 Å². The Balaban J connectivity index is 1.63. The van der Waals surface area contributed by atoms with E-state index in [1.165, 1.54) is 0 Å². The summed E-state index contributed by atoms with van der Waals surface area (Å²) in [5.74, 6) is 1.94. The molecule has 9 nitrogen and oxygen atoms in total. The number of nitrogens with one attached hydrogen (secondary N) is 1. The van der Waals surface area contributed by atoms with E-state index in [9.17, 15) is 4.79 Å². The zero-order chi connectivity index (χ0) is 17.3. The summed E-state index contributed by atoms with van der Waals surface area (Å²) in [7, 11) is 0. The number of carbonyl (C=O) groups excluding carboxylic acids is 1. The molecule has 1 atom stereocenters. The van der Waals surface area contributed by atoms with Crippen molar-refractivity contribution in [2.24, 2.45) is 0 Å². The Morgan fingerprint density at radius 3 is 2.79 bits per heavy atom. The SMILES string of the molecule is Cc1nnc(C2CN(C(=O)Nc3cc(C(C)(C)C)on3)CCO2)o1. The number of nitrogens with zero attached hydrogens (tertiary/aromatic N) is 4. The van der Waals surface area contributed by atoms with E-state index in [-0.39, 0.29) is 11.4 Å². The van der Waals surface area contributed by atoms with Crippen LogP contribution in [-0.2, 0) is 10.2 Å². The Morgan fingerprint density at radius 1 is 1.38 bits per heavy atom. The van der Waals surface area contributed by atoms with Crippen LogP contribution < -0.4 is 5.32 Å². The molecule has 2 aromatic heterocycles. The van der Waals surface area contributed by atoms with E-state index in [0.717, 1.165) is 0 Å². The van der Waals surface area contributed by atoms with Crippen LogP contribution in [0.4, 0.5) is 10.6 Å². The highest BCUT2D eigenvalue weighted by Crippen LogP contribution is 2.25. The molecule has 1 aliphatic heterocycles. The molecule has 130 valence electrons. The van der Waals surface area contributed by atoms with Gasteiger partial charge in [-0.2, -0.15) is 0 Å². The summed E-state index contributed by atoms with van der Waals surface area (Å²) in [6, 6.07) is 1.46. The fourth-order valence-corrected chi connectivity index (χ4v) is 2.30. The fourth-order valence-electron chi connectivity index (χ4n) is 2.30. The lowest BCUT2D eigenvalue weighted by Crippen LogP contribution is -2.44. The topological polar surface area (TPSA) is 107 Å². The number of aryl methyl sites for hydroxylation is 1. The Hall–Kier alpha value is -2.42. The highest BCUT2D eigenvalue weighted by Gasteiger charge is 2.29. The molecule has 3 rings (SSSR count). The minimum absolute atomic E-state index is 0.171. The normalized spacial score (nSPS) is 18.7. The third kappa shape index (κ3) is 3.56. The summed E-state index contributed by atoms with van der Waals surface area (Å²) in [6.07, 6.45) is -0.423. The van der Waals surface area contributed by atoms with Gasteiger partial charge in [-0.05, 0) is 0 Å². The summed E-state index contributed by atoms with van der Waals surface area (Å²) in [6.45, 7) is 8.94. The third-order valence-electron chi connectivity index (χ3n) is 3.66. The molecule has 0 aliphatic carbocycles. The van der Waals surface area contributed by atoms with Crippen molar-refractivity contribution < 1.29 is 18.5 Å². The van der Waals surface area contributed by atoms with Crippen molar-refractivity contribution in [3.05, 3.63) is 23.6 Å². The van der Waals surface area contributed by atoms with Crippen LogP contribution in [0.3, 0.4) is 0 Å². The number of amides is 2. The molecule has 2 amide bonds. The number of aromatic nitrogens is 3. The number of urea groups is 1. The van der Waals surface area contributed by atoms with Gasteiger partial charge in [0.2, 0.25) is 11.8 Å². The van der Waals surface area contributed by atoms with Crippen molar-refractivity contribution in [2.75, 3.05) is 25.0 Å². The lowest BCUT2D eigenvalue weighted by molar-refractivity contribution is -0.0274. The third-order valence-corrected chi connectivity index (χ3v) is 3.66. The van der Waals surface area contributed by atoms with Gasteiger partial charge in [0.25, 0.3) is 0 Å². The molecule has 24 heavy (non-hydrogen) atoms. The standard InChI is InChI=1S/C15H21N5O4/c1-9-17-18-13(23-9)10-8-20(5-6-22-10)14(21)16-12-7-11(24-19-12)15(2,3)4/h7,10H,5-6,8H2,1-4H3,(H,16,19,21). The summed E-state index contributed by atoms with van der Waals surface area (Å²) >= 11 is 0. The molecule has 3 heterocycles. The molecule has 0 bridgehead atoms. The number of hydrogen-bond donors (Lipinski definition) is 1. The lowest BCUT2D eigenvalue weighted by atomic mass is 9.93. The predicted octanol–water partition coefficient (Wildman–Crippen LogP) is 2.27. The maximum absolute atomic E-state index is 12.4. The molecular formula is C15H21N5O4. The quantitative estimate of drug-likeness (QED) is 0.897. The van der Waals surface area contributed by atoms with E-state index < -0.39 is 6.10 Å². The molecule has 1 N–H and O–H groups in total. The summed E-state index contributed by atoms with van der Waals surface area (Å²) < 4.78 is 16.3. The molecule has 0 saturated carbocycles. The van der Waals surface area contributed by atoms with Gasteiger partial charge in [-0.1, -0.05) is 25.9 Å². The largest absolute Gasteiger partial charge is 0.423 e. The maximum Gasteiger partial charge on any atom is 0.323 e. The molecule has 1 saturated heterocycles. The molecule has 0 aromatic carbocycles. The number of rotatable bonds is 2. The van der Waals surface area contributed by atoms with Crippen molar-refractivity contribution in [3.8, 4) is 0 Å². The van der Waals surface area contributed by atoms with Crippen LogP contribution in [0.15, 0.2) is 15.0 Å². The lowest BCUT2D eigenvalue weighted by Gasteiger charge is -2.30. The summed E-state index contributed by atoms with van der Waals surface area (Å²) in [5, 5.41) is 14.4. The minimum atomic E-state index is -0.423. The van der Waals surface area contributed by atoms with Gasteiger partial charge in [0.1, 0.15) is 5.76 Å². The van der Waals surface area contributed by atoms with Crippen LogP contribution in [0.1, 0.15) is 44.4 Å². The number of morpholine rings is 1. The number of hydrogen-bond acceptors (Lipinski definition) is 7. The van der Waals surface area contributed by atoms with Crippen LogP contribution >= 0.6 is 0 Å². The highest BCUT2D eigenvalue weighted by molar-refractivity contribution is 5.88. The number of ether oxygens (including phenoxy) is 1. The predicted molar refractivity (Wildman–Crippen MR) is 83.5 cm³/mol. The van der Waals surface area contributed by atoms with Crippen molar-refractivity contribution in [1.82, 2.24) is 20.3 Å². The van der Waals surface area contributed by atoms with Crippen LogP contribution in [0.5, 0.6) is 0 Å². The Bertz CT molecular complexity index is 718. The molecule has 0 spiro atoms. The van der Waals surface area contributed by atoms with Crippen LogP contribution in [0, 0.1) is 6.92 Å². The van der Waals surface area contributed by atoms with E-state index in [1.807, 2.05) is 20.8 Å². The van der Waals surface area contributed by atoms with Gasteiger partial charge in [-0.15, -0.1) is 10.2 Å². The Labute approximate surface area is 139 Å². The van der Waals surface area contributed by atoms with E-state index in [1.54, 1.807) is 17.9 Å². The summed E-state index contributed by atoms with van der Waals surface area (Å²) in [4.78, 5) is 14.0. The van der Waals surface area contributed by atoms with Crippen molar-refractivity contribution in [2.45, 2.75) is 39.2 Å². The van der Waals surface area contributed by atoms with Gasteiger partial charge in [-0.25, -0.2) is 4.79 Å². The van der Waals surface area contributed by atoms with Crippen LogP contribution in [-0.4, -0.2) is 46.0 Å². The second-order valence-corrected chi connectivity index (χ2v) is 6.72.